The molecule has 4 heteroatoms. The van der Waals surface area contributed by atoms with Gasteiger partial charge in [-0.25, -0.2) is 4.79 Å². The first-order valence-electron chi connectivity index (χ1n) is 6.38. The maximum atomic E-state index is 11.4. The summed E-state index contributed by atoms with van der Waals surface area (Å²) in [5.41, 5.74) is 1.26. The van der Waals surface area contributed by atoms with E-state index in [1.54, 1.807) is 6.07 Å². The molecule has 2 aromatic carbocycles. The van der Waals surface area contributed by atoms with Crippen LogP contribution in [0.1, 0.15) is 22.8 Å². The van der Waals surface area contributed by atoms with Crippen LogP contribution in [-0.2, 0) is 6.61 Å². The van der Waals surface area contributed by atoms with Gasteiger partial charge in [-0.1, -0.05) is 43.3 Å². The molecule has 0 saturated carbocycles. The lowest BCUT2D eigenvalue weighted by Gasteiger charge is -2.12. The highest BCUT2D eigenvalue weighted by atomic mass is 32.2. The van der Waals surface area contributed by atoms with E-state index in [-0.39, 0.29) is 5.56 Å². The predicted octanol–water partition coefficient (Wildman–Crippen LogP) is 4.08. The van der Waals surface area contributed by atoms with Gasteiger partial charge in [0.25, 0.3) is 0 Å². The molecule has 0 heterocycles. The second-order valence-corrected chi connectivity index (χ2v) is 5.45. The van der Waals surface area contributed by atoms with Crippen LogP contribution in [0, 0.1) is 0 Å². The monoisotopic (exact) mass is 288 g/mol. The molecule has 3 nitrogen and oxygen atoms in total. The molecule has 104 valence electrons. The fourth-order valence-electron chi connectivity index (χ4n) is 1.85. The average molecular weight is 288 g/mol. The van der Waals surface area contributed by atoms with Crippen LogP contribution >= 0.6 is 11.8 Å². The van der Waals surface area contributed by atoms with Crippen molar-refractivity contribution in [1.29, 1.82) is 0 Å². The Morgan fingerprint density at radius 1 is 1.15 bits per heavy atom. The first-order valence-corrected chi connectivity index (χ1v) is 7.36. The van der Waals surface area contributed by atoms with Crippen molar-refractivity contribution in [3.8, 4) is 5.75 Å². The summed E-state index contributed by atoms with van der Waals surface area (Å²) in [7, 11) is 0. The zero-order valence-electron chi connectivity index (χ0n) is 11.2. The molecular weight excluding hydrogens is 272 g/mol. The van der Waals surface area contributed by atoms with Gasteiger partial charge in [-0.2, -0.15) is 0 Å². The minimum atomic E-state index is -0.954. The minimum Gasteiger partial charge on any atom is -0.488 e. The zero-order valence-corrected chi connectivity index (χ0v) is 12.0. The van der Waals surface area contributed by atoms with Crippen molar-refractivity contribution in [3.63, 3.8) is 0 Å². The predicted molar refractivity (Wildman–Crippen MR) is 80.6 cm³/mol. The number of carboxylic acids is 1. The Morgan fingerprint density at radius 3 is 2.55 bits per heavy atom. The molecule has 0 spiro atoms. The molecule has 2 rings (SSSR count). The van der Waals surface area contributed by atoms with Gasteiger partial charge in [0, 0.05) is 4.90 Å². The Kier molecular flexibility index (Phi) is 5.07. The van der Waals surface area contributed by atoms with Gasteiger partial charge >= 0.3 is 5.97 Å². The highest BCUT2D eigenvalue weighted by molar-refractivity contribution is 7.99. The maximum absolute atomic E-state index is 11.4. The smallest absolute Gasteiger partial charge is 0.340 e. The molecule has 0 amide bonds. The Labute approximate surface area is 122 Å². The summed E-state index contributed by atoms with van der Waals surface area (Å²) in [6.07, 6.45) is 0. The highest BCUT2D eigenvalue weighted by Crippen LogP contribution is 2.30. The average Bonchev–Trinajstić information content (AvgIpc) is 2.46. The second kappa shape index (κ2) is 7.01. The van der Waals surface area contributed by atoms with Crippen LogP contribution < -0.4 is 4.74 Å². The van der Waals surface area contributed by atoms with E-state index in [4.69, 9.17) is 4.74 Å². The molecule has 0 saturated heterocycles. The van der Waals surface area contributed by atoms with E-state index in [9.17, 15) is 9.90 Å². The molecule has 0 aliphatic rings. The Bertz CT molecular complexity index is 582. The number of benzene rings is 2. The molecule has 0 aliphatic heterocycles. The highest BCUT2D eigenvalue weighted by Gasteiger charge is 2.16. The van der Waals surface area contributed by atoms with Crippen molar-refractivity contribution in [2.75, 3.05) is 5.75 Å². The summed E-state index contributed by atoms with van der Waals surface area (Å²) >= 11 is 1.51. The van der Waals surface area contributed by atoms with E-state index < -0.39 is 5.97 Å². The van der Waals surface area contributed by atoms with Gasteiger partial charge in [-0.15, -0.1) is 11.8 Å². The molecular formula is C16H16O3S. The first kappa shape index (κ1) is 14.5. The zero-order chi connectivity index (χ0) is 14.4. The molecule has 0 atom stereocenters. The van der Waals surface area contributed by atoms with Crippen LogP contribution in [0.2, 0.25) is 0 Å². The van der Waals surface area contributed by atoms with E-state index in [0.29, 0.717) is 12.4 Å². The summed E-state index contributed by atoms with van der Waals surface area (Å²) < 4.78 is 5.68. The van der Waals surface area contributed by atoms with E-state index in [1.165, 1.54) is 11.8 Å². The Balaban J connectivity index is 2.22. The van der Waals surface area contributed by atoms with E-state index in [2.05, 4.69) is 0 Å². The van der Waals surface area contributed by atoms with Gasteiger partial charge < -0.3 is 9.84 Å². The summed E-state index contributed by atoms with van der Waals surface area (Å²) in [6, 6.07) is 15.0. The van der Waals surface area contributed by atoms with Gasteiger partial charge in [-0.3, -0.25) is 0 Å². The lowest BCUT2D eigenvalue weighted by atomic mass is 10.2. The van der Waals surface area contributed by atoms with Crippen LogP contribution in [0.15, 0.2) is 53.4 Å². The molecule has 20 heavy (non-hydrogen) atoms. The molecule has 0 aliphatic carbocycles. The third-order valence-corrected chi connectivity index (χ3v) is 3.68. The largest absolute Gasteiger partial charge is 0.488 e. The topological polar surface area (TPSA) is 46.5 Å². The van der Waals surface area contributed by atoms with Gasteiger partial charge in [0.2, 0.25) is 0 Å². The van der Waals surface area contributed by atoms with Crippen LogP contribution in [0.4, 0.5) is 0 Å². The third kappa shape index (κ3) is 3.54. The van der Waals surface area contributed by atoms with E-state index in [1.807, 2.05) is 49.4 Å². The SMILES string of the molecule is CCSc1cccc(OCc2ccccc2)c1C(=O)O. The number of aromatic carboxylic acids is 1. The van der Waals surface area contributed by atoms with Gasteiger partial charge in [0.1, 0.15) is 17.9 Å². The number of thioether (sulfide) groups is 1. The molecule has 0 radical (unpaired) electrons. The van der Waals surface area contributed by atoms with Crippen molar-refractivity contribution < 1.29 is 14.6 Å². The maximum Gasteiger partial charge on any atom is 0.340 e. The van der Waals surface area contributed by atoms with Gasteiger partial charge in [-0.05, 0) is 23.4 Å². The number of rotatable bonds is 6. The standard InChI is InChI=1S/C16H16O3S/c1-2-20-14-10-6-9-13(15(14)16(17)18)19-11-12-7-4-3-5-8-12/h3-10H,2,11H2,1H3,(H,17,18). The van der Waals surface area contributed by atoms with Gasteiger partial charge in [0.15, 0.2) is 0 Å². The quantitative estimate of drug-likeness (QED) is 0.814. The Hall–Kier alpha value is -1.94. The second-order valence-electron chi connectivity index (χ2n) is 4.14. The van der Waals surface area contributed by atoms with E-state index >= 15 is 0 Å². The first-order chi connectivity index (χ1) is 9.72. The summed E-state index contributed by atoms with van der Waals surface area (Å²) in [6.45, 7) is 2.36. The van der Waals surface area contributed by atoms with Gasteiger partial charge in [0.05, 0.1) is 0 Å². The number of hydrogen-bond donors (Lipinski definition) is 1. The van der Waals surface area contributed by atoms with Crippen molar-refractivity contribution >= 4 is 17.7 Å². The fourth-order valence-corrected chi connectivity index (χ4v) is 2.67. The van der Waals surface area contributed by atoms with Crippen LogP contribution in [0.5, 0.6) is 5.75 Å². The molecule has 0 fully saturated rings. The van der Waals surface area contributed by atoms with Crippen LogP contribution in [-0.4, -0.2) is 16.8 Å². The number of ether oxygens (including phenoxy) is 1. The van der Waals surface area contributed by atoms with Crippen LogP contribution in [0.25, 0.3) is 0 Å². The molecule has 0 aromatic heterocycles. The number of carbonyl (C=O) groups is 1. The number of carboxylic acid groups (broad SMARTS) is 1. The third-order valence-electron chi connectivity index (χ3n) is 2.74. The summed E-state index contributed by atoms with van der Waals surface area (Å²) in [4.78, 5) is 12.2. The van der Waals surface area contributed by atoms with Crippen molar-refractivity contribution in [3.05, 3.63) is 59.7 Å². The molecule has 2 aromatic rings. The van der Waals surface area contributed by atoms with Crippen LogP contribution in [0.3, 0.4) is 0 Å². The lowest BCUT2D eigenvalue weighted by molar-refractivity contribution is 0.0687. The Morgan fingerprint density at radius 2 is 1.90 bits per heavy atom. The summed E-state index contributed by atoms with van der Waals surface area (Å²) in [5, 5.41) is 9.38. The van der Waals surface area contributed by atoms with E-state index in [0.717, 1.165) is 16.2 Å². The minimum absolute atomic E-state index is 0.246. The molecule has 0 bridgehead atoms. The molecule has 1 N–H and O–H groups in total. The van der Waals surface area contributed by atoms with Crippen molar-refractivity contribution in [2.45, 2.75) is 18.4 Å². The lowest BCUT2D eigenvalue weighted by Crippen LogP contribution is -2.05. The fraction of sp³-hybridized carbons (Fsp3) is 0.188. The van der Waals surface area contributed by atoms with Crippen molar-refractivity contribution in [2.24, 2.45) is 0 Å². The molecule has 0 unspecified atom stereocenters. The number of hydrogen-bond acceptors (Lipinski definition) is 3. The summed E-state index contributed by atoms with van der Waals surface area (Å²) in [5.74, 6) is 0.284. The van der Waals surface area contributed by atoms with Crippen molar-refractivity contribution in [1.82, 2.24) is 0 Å². The normalized spacial score (nSPS) is 10.2.